The summed E-state index contributed by atoms with van der Waals surface area (Å²) in [7, 11) is 2.73. The molecule has 1 N–H and O–H groups in total. The average molecular weight is 421 g/mol. The molecule has 0 aliphatic carbocycles. The smallest absolute Gasteiger partial charge is 0.346 e. The molecule has 136 valence electrons. The minimum Gasteiger partial charge on any atom is -0.493 e. The maximum absolute atomic E-state index is 12.1. The number of methoxy groups -OCH3 is 2. The number of hydrogen-bond acceptors (Lipinski definition) is 6. The number of aromatic nitrogens is 1. The number of aryl methyl sites for hydroxylation is 1. The molecule has 0 radical (unpaired) electrons. The second-order valence-corrected chi connectivity index (χ2v) is 6.30. The minimum absolute atomic E-state index is 0.00468. The summed E-state index contributed by atoms with van der Waals surface area (Å²) >= 11 is 3.43. The van der Waals surface area contributed by atoms with Gasteiger partial charge in [0.25, 0.3) is 5.56 Å². The van der Waals surface area contributed by atoms with Crippen molar-refractivity contribution in [1.82, 2.24) is 4.98 Å². The lowest BCUT2D eigenvalue weighted by Gasteiger charge is -2.17. The fraction of sp³-hybridized carbons (Fsp3) is 0.278. The second kappa shape index (κ2) is 8.06. The Morgan fingerprint density at radius 1 is 1.23 bits per heavy atom. The van der Waals surface area contributed by atoms with E-state index in [1.54, 1.807) is 32.0 Å². The molecule has 2 rings (SSSR count). The van der Waals surface area contributed by atoms with Gasteiger partial charge >= 0.3 is 5.97 Å². The molecule has 1 aromatic carbocycles. The van der Waals surface area contributed by atoms with Crippen molar-refractivity contribution in [2.45, 2.75) is 20.0 Å². The fourth-order valence-electron chi connectivity index (χ4n) is 2.41. The van der Waals surface area contributed by atoms with Crippen LogP contribution in [0.3, 0.4) is 0 Å². The Morgan fingerprint density at radius 2 is 1.92 bits per heavy atom. The van der Waals surface area contributed by atoms with Crippen LogP contribution in [0.15, 0.2) is 27.5 Å². The summed E-state index contributed by atoms with van der Waals surface area (Å²) < 4.78 is 16.2. The summed E-state index contributed by atoms with van der Waals surface area (Å²) in [5.41, 5.74) is 1.20. The first-order valence-electron chi connectivity index (χ1n) is 7.58. The van der Waals surface area contributed by atoms with Crippen LogP contribution >= 0.6 is 15.9 Å². The molecule has 0 amide bonds. The Labute approximate surface area is 158 Å². The first-order valence-corrected chi connectivity index (χ1v) is 8.38. The number of hydrogen-bond donors (Lipinski definition) is 1. The first kappa shape index (κ1) is 19.5. The molecule has 26 heavy (non-hydrogen) atoms. The van der Waals surface area contributed by atoms with Gasteiger partial charge in [-0.3, -0.25) is 4.79 Å². The van der Waals surface area contributed by atoms with Crippen LogP contribution in [0.5, 0.6) is 11.5 Å². The summed E-state index contributed by atoms with van der Waals surface area (Å²) in [6.45, 7) is 3.29. The summed E-state index contributed by atoms with van der Waals surface area (Å²) in [6, 6.07) is 6.88. The van der Waals surface area contributed by atoms with E-state index in [0.29, 0.717) is 32.8 Å². The monoisotopic (exact) mass is 420 g/mol. The third kappa shape index (κ3) is 3.89. The molecule has 1 unspecified atom stereocenters. The topological polar surface area (TPSA) is 101 Å². The normalized spacial score (nSPS) is 11.4. The summed E-state index contributed by atoms with van der Waals surface area (Å²) in [5, 5.41) is 9.34. The summed E-state index contributed by atoms with van der Waals surface area (Å²) in [5.74, 6) is 0.145. The van der Waals surface area contributed by atoms with Crippen LogP contribution in [-0.4, -0.2) is 31.3 Å². The minimum atomic E-state index is -0.830. The number of esters is 1. The Morgan fingerprint density at radius 3 is 2.50 bits per heavy atom. The van der Waals surface area contributed by atoms with Crippen LogP contribution in [0.4, 0.5) is 0 Å². The molecule has 0 fully saturated rings. The molecule has 1 aromatic heterocycles. The number of pyridine rings is 1. The molecule has 8 heteroatoms. The molecular formula is C18H17BrN2O5. The van der Waals surface area contributed by atoms with Crippen molar-refractivity contribution >= 4 is 21.9 Å². The Hall–Kier alpha value is -2.79. The maximum atomic E-state index is 12.1. The zero-order valence-corrected chi connectivity index (χ0v) is 16.3. The Kier molecular flexibility index (Phi) is 6.05. The van der Waals surface area contributed by atoms with Crippen LogP contribution < -0.4 is 15.0 Å². The molecule has 0 saturated carbocycles. The molecule has 1 atom stereocenters. The van der Waals surface area contributed by atoms with Gasteiger partial charge in [-0.1, -0.05) is 15.9 Å². The van der Waals surface area contributed by atoms with Crippen LogP contribution in [0.25, 0.3) is 11.1 Å². The zero-order valence-electron chi connectivity index (χ0n) is 14.7. The molecule has 7 nitrogen and oxygen atoms in total. The van der Waals surface area contributed by atoms with Crippen molar-refractivity contribution in [3.8, 4) is 28.7 Å². The number of halogens is 1. The number of carbonyl (C=O) groups is 1. The lowest BCUT2D eigenvalue weighted by molar-refractivity contribution is -0.147. The number of rotatable bonds is 5. The van der Waals surface area contributed by atoms with E-state index in [1.807, 2.05) is 6.07 Å². The highest BCUT2D eigenvalue weighted by Crippen LogP contribution is 2.39. The molecule has 0 aliphatic heterocycles. The molecule has 2 aromatic rings. The highest BCUT2D eigenvalue weighted by molar-refractivity contribution is 9.10. The van der Waals surface area contributed by atoms with Crippen LogP contribution in [0.1, 0.15) is 18.2 Å². The van der Waals surface area contributed by atoms with Crippen molar-refractivity contribution in [1.29, 1.82) is 5.26 Å². The first-order chi connectivity index (χ1) is 12.3. The van der Waals surface area contributed by atoms with Crippen LogP contribution in [0.2, 0.25) is 0 Å². The van der Waals surface area contributed by atoms with Gasteiger partial charge in [-0.15, -0.1) is 0 Å². The molecule has 1 heterocycles. The van der Waals surface area contributed by atoms with E-state index in [4.69, 9.17) is 9.47 Å². The number of aromatic amines is 1. The van der Waals surface area contributed by atoms with Gasteiger partial charge in [-0.05, 0) is 32.0 Å². The van der Waals surface area contributed by atoms with E-state index < -0.39 is 17.6 Å². The van der Waals surface area contributed by atoms with Crippen LogP contribution in [-0.2, 0) is 9.53 Å². The van der Waals surface area contributed by atoms with Gasteiger partial charge in [-0.2, -0.15) is 5.26 Å². The molecular weight excluding hydrogens is 404 g/mol. The van der Waals surface area contributed by atoms with E-state index in [1.165, 1.54) is 14.2 Å². The van der Waals surface area contributed by atoms with E-state index in [2.05, 4.69) is 25.7 Å². The molecule has 0 spiro atoms. The molecule has 0 aliphatic rings. The number of nitriles is 1. The number of carbonyl (C=O) groups excluding carboxylic acids is 1. The maximum Gasteiger partial charge on any atom is 0.346 e. The summed E-state index contributed by atoms with van der Waals surface area (Å²) in [6.07, 6.45) is -0.830. The highest BCUT2D eigenvalue weighted by Gasteiger charge is 2.20. The predicted octanol–water partition coefficient (Wildman–Crippen LogP) is 2.93. The average Bonchev–Trinajstić information content (AvgIpc) is 2.60. The van der Waals surface area contributed by atoms with Crippen molar-refractivity contribution in [3.63, 3.8) is 0 Å². The van der Waals surface area contributed by atoms with Gasteiger partial charge in [-0.25, -0.2) is 4.79 Å². The Bertz CT molecular complexity index is 946. The number of nitrogens with zero attached hydrogens (tertiary/aromatic N) is 1. The van der Waals surface area contributed by atoms with E-state index >= 15 is 0 Å². The van der Waals surface area contributed by atoms with E-state index in [-0.39, 0.29) is 5.56 Å². The lowest BCUT2D eigenvalue weighted by atomic mass is 10.0. The predicted molar refractivity (Wildman–Crippen MR) is 98.3 cm³/mol. The van der Waals surface area contributed by atoms with Gasteiger partial charge in [0.1, 0.15) is 11.6 Å². The van der Waals surface area contributed by atoms with Crippen molar-refractivity contribution < 1.29 is 19.0 Å². The third-order valence-corrected chi connectivity index (χ3v) is 4.32. The highest BCUT2D eigenvalue weighted by atomic mass is 79.9. The lowest BCUT2D eigenvalue weighted by Crippen LogP contribution is -2.25. The SMILES string of the molecule is COC(=O)C(C)Oc1cc(Br)c(-c2cc(C)[nH]c(=O)c2C#N)cc1OC. The van der Waals surface area contributed by atoms with Crippen LogP contribution in [0, 0.1) is 18.3 Å². The quantitative estimate of drug-likeness (QED) is 0.745. The van der Waals surface area contributed by atoms with Crippen molar-refractivity contribution in [2.75, 3.05) is 14.2 Å². The number of ether oxygens (including phenoxy) is 3. The zero-order chi connectivity index (χ0) is 19.4. The second-order valence-electron chi connectivity index (χ2n) is 5.45. The number of nitrogens with one attached hydrogen (secondary N) is 1. The van der Waals surface area contributed by atoms with Gasteiger partial charge < -0.3 is 19.2 Å². The van der Waals surface area contributed by atoms with Gasteiger partial charge in [0.05, 0.1) is 14.2 Å². The third-order valence-electron chi connectivity index (χ3n) is 3.66. The van der Waals surface area contributed by atoms with E-state index in [0.717, 1.165) is 0 Å². The van der Waals surface area contributed by atoms with Gasteiger partial charge in [0, 0.05) is 21.3 Å². The van der Waals surface area contributed by atoms with Gasteiger partial charge in [0.15, 0.2) is 17.6 Å². The largest absolute Gasteiger partial charge is 0.493 e. The van der Waals surface area contributed by atoms with Gasteiger partial charge in [0.2, 0.25) is 0 Å². The number of benzene rings is 1. The Balaban J connectivity index is 2.60. The molecule has 0 saturated heterocycles. The van der Waals surface area contributed by atoms with Crippen molar-refractivity contribution in [3.05, 3.63) is 44.3 Å². The summed E-state index contributed by atoms with van der Waals surface area (Å²) in [4.78, 5) is 26.2. The number of H-pyrrole nitrogens is 1. The molecule has 0 bridgehead atoms. The van der Waals surface area contributed by atoms with Crippen molar-refractivity contribution in [2.24, 2.45) is 0 Å². The fourth-order valence-corrected chi connectivity index (χ4v) is 2.95. The van der Waals surface area contributed by atoms with E-state index in [9.17, 15) is 14.9 Å². The standard InChI is InChI=1S/C18H17BrN2O5/c1-9-5-11(13(8-20)17(22)21-9)12-6-15(24-3)16(7-14(12)19)26-10(2)18(23)25-4/h5-7,10H,1-4H3,(H,21,22).